The number of methoxy groups -OCH3 is 1. The molecule has 1 aromatic rings. The summed E-state index contributed by atoms with van der Waals surface area (Å²) in [7, 11) is 1.20. The zero-order valence-electron chi connectivity index (χ0n) is 9.37. The number of benzene rings is 1. The molecule has 0 aliphatic carbocycles. The summed E-state index contributed by atoms with van der Waals surface area (Å²) >= 11 is 0. The molecule has 7 nitrogen and oxygen atoms in total. The molecule has 0 amide bonds. The molecule has 18 heavy (non-hydrogen) atoms. The molecule has 7 heteroatoms. The largest absolute Gasteiger partial charge is 0.465 e. The summed E-state index contributed by atoms with van der Waals surface area (Å²) in [4.78, 5) is 37.0. The number of nitro benzene ring substituents is 1. The number of rotatable bonds is 2. The van der Waals surface area contributed by atoms with Gasteiger partial charge in [-0.2, -0.15) is 0 Å². The van der Waals surface area contributed by atoms with E-state index < -0.39 is 10.9 Å². The molecule has 1 aliphatic rings. The standard InChI is InChI=1S/C11H8N2O5/c1-18-11(15)9-5-10(14)7-4-6(13(16)17)2-3-8(7)12-9/h2-4H,5H2,1H3. The molecule has 0 N–H and O–H groups in total. The van der Waals surface area contributed by atoms with Crippen LogP contribution in [0.5, 0.6) is 0 Å². The van der Waals surface area contributed by atoms with Gasteiger partial charge in [-0.25, -0.2) is 9.79 Å². The minimum atomic E-state index is -0.674. The van der Waals surface area contributed by atoms with Crippen molar-refractivity contribution in [3.05, 3.63) is 33.9 Å². The number of fused-ring (bicyclic) bond motifs is 1. The second-order valence-electron chi connectivity index (χ2n) is 3.61. The van der Waals surface area contributed by atoms with E-state index in [4.69, 9.17) is 0 Å². The predicted octanol–water partition coefficient (Wildman–Crippen LogP) is 1.43. The van der Waals surface area contributed by atoms with Crippen molar-refractivity contribution in [3.8, 4) is 0 Å². The molecule has 0 aromatic heterocycles. The Labute approximate surface area is 101 Å². The lowest BCUT2D eigenvalue weighted by atomic mass is 9.99. The van der Waals surface area contributed by atoms with Gasteiger partial charge in [0, 0.05) is 12.1 Å². The number of ketones is 1. The highest BCUT2D eigenvalue weighted by Crippen LogP contribution is 2.29. The number of non-ortho nitro benzene ring substituents is 1. The zero-order valence-corrected chi connectivity index (χ0v) is 9.37. The van der Waals surface area contributed by atoms with Crippen LogP contribution in [0, 0.1) is 10.1 Å². The summed E-state index contributed by atoms with van der Waals surface area (Å²) < 4.78 is 4.48. The molecule has 0 spiro atoms. The molecule has 2 rings (SSSR count). The van der Waals surface area contributed by atoms with E-state index >= 15 is 0 Å². The van der Waals surface area contributed by atoms with Crippen molar-refractivity contribution in [2.24, 2.45) is 4.99 Å². The number of hydrogen-bond donors (Lipinski definition) is 0. The van der Waals surface area contributed by atoms with Crippen molar-refractivity contribution in [1.29, 1.82) is 0 Å². The first-order chi connectivity index (χ1) is 8.52. The number of aliphatic imine (C=N–C) groups is 1. The Bertz CT molecular complexity index is 591. The van der Waals surface area contributed by atoms with E-state index in [1.165, 1.54) is 19.2 Å². The van der Waals surface area contributed by atoms with Gasteiger partial charge in [-0.05, 0) is 6.07 Å². The first-order valence-corrected chi connectivity index (χ1v) is 5.00. The van der Waals surface area contributed by atoms with Crippen molar-refractivity contribution in [3.63, 3.8) is 0 Å². The van der Waals surface area contributed by atoms with E-state index in [1.807, 2.05) is 0 Å². The molecule has 1 aliphatic heterocycles. The van der Waals surface area contributed by atoms with Gasteiger partial charge in [0.2, 0.25) is 0 Å². The number of carbonyl (C=O) groups excluding carboxylic acids is 2. The van der Waals surface area contributed by atoms with Crippen LogP contribution >= 0.6 is 0 Å². The number of nitrogens with zero attached hydrogens (tertiary/aromatic N) is 2. The topological polar surface area (TPSA) is 98.9 Å². The molecule has 92 valence electrons. The Balaban J connectivity index is 2.50. The van der Waals surface area contributed by atoms with Crippen LogP contribution in [-0.4, -0.2) is 29.5 Å². The lowest BCUT2D eigenvalue weighted by Gasteiger charge is -2.12. The van der Waals surface area contributed by atoms with Crippen LogP contribution in [0.3, 0.4) is 0 Å². The molecular formula is C11H8N2O5. The Morgan fingerprint density at radius 1 is 1.50 bits per heavy atom. The summed E-state index contributed by atoms with van der Waals surface area (Å²) in [5.41, 5.74) is 0.219. The molecule has 0 saturated heterocycles. The van der Waals surface area contributed by atoms with Gasteiger partial charge in [0.15, 0.2) is 5.78 Å². The lowest BCUT2D eigenvalue weighted by molar-refractivity contribution is -0.384. The number of ether oxygens (including phenoxy) is 1. The van der Waals surface area contributed by atoms with Crippen LogP contribution in [0.15, 0.2) is 23.2 Å². The van der Waals surface area contributed by atoms with Gasteiger partial charge >= 0.3 is 5.97 Å². The summed E-state index contributed by atoms with van der Waals surface area (Å²) in [5.74, 6) is -1.06. The van der Waals surface area contributed by atoms with Crippen LogP contribution in [0.1, 0.15) is 16.8 Å². The van der Waals surface area contributed by atoms with Gasteiger partial charge in [-0.1, -0.05) is 0 Å². The Hall–Kier alpha value is -2.57. The van der Waals surface area contributed by atoms with Gasteiger partial charge in [0.05, 0.1) is 29.7 Å². The monoisotopic (exact) mass is 248 g/mol. The fourth-order valence-electron chi connectivity index (χ4n) is 1.63. The Kier molecular flexibility index (Phi) is 2.88. The third kappa shape index (κ3) is 1.97. The van der Waals surface area contributed by atoms with Crippen LogP contribution in [0.4, 0.5) is 11.4 Å². The summed E-state index contributed by atoms with van der Waals surface area (Å²) in [6.45, 7) is 0. The third-order valence-electron chi connectivity index (χ3n) is 2.50. The highest BCUT2D eigenvalue weighted by atomic mass is 16.6. The smallest absolute Gasteiger partial charge is 0.352 e. The number of nitro groups is 1. The van der Waals surface area contributed by atoms with E-state index in [2.05, 4.69) is 9.73 Å². The number of hydrogen-bond acceptors (Lipinski definition) is 6. The Morgan fingerprint density at radius 2 is 2.22 bits per heavy atom. The zero-order chi connectivity index (χ0) is 13.3. The minimum absolute atomic E-state index is 0.00357. The summed E-state index contributed by atoms with van der Waals surface area (Å²) in [5, 5.41) is 10.6. The molecule has 0 bridgehead atoms. The third-order valence-corrected chi connectivity index (χ3v) is 2.50. The van der Waals surface area contributed by atoms with Crippen molar-refractivity contribution in [1.82, 2.24) is 0 Å². The molecule has 1 aromatic carbocycles. The van der Waals surface area contributed by atoms with Crippen molar-refractivity contribution in [2.45, 2.75) is 6.42 Å². The quantitative estimate of drug-likeness (QED) is 0.447. The van der Waals surface area contributed by atoms with E-state index in [1.54, 1.807) is 0 Å². The SMILES string of the molecule is COC(=O)C1=Nc2ccc([N+](=O)[O-])cc2C(=O)C1. The van der Waals surface area contributed by atoms with Gasteiger partial charge < -0.3 is 4.74 Å². The maximum absolute atomic E-state index is 11.8. The van der Waals surface area contributed by atoms with Crippen LogP contribution in [0.25, 0.3) is 0 Å². The average Bonchev–Trinajstić information content (AvgIpc) is 2.37. The Morgan fingerprint density at radius 3 is 2.83 bits per heavy atom. The minimum Gasteiger partial charge on any atom is -0.465 e. The second kappa shape index (κ2) is 4.36. The van der Waals surface area contributed by atoms with E-state index in [-0.39, 0.29) is 34.9 Å². The first-order valence-electron chi connectivity index (χ1n) is 5.00. The van der Waals surface area contributed by atoms with Crippen molar-refractivity contribution >= 4 is 28.8 Å². The molecular weight excluding hydrogens is 240 g/mol. The molecule has 0 fully saturated rings. The average molecular weight is 248 g/mol. The van der Waals surface area contributed by atoms with Crippen LogP contribution < -0.4 is 0 Å². The molecule has 0 atom stereocenters. The number of Topliss-reactive ketones (excluding diaryl/α,β-unsaturated/α-hetero) is 1. The number of carbonyl (C=O) groups is 2. The normalized spacial score (nSPS) is 13.6. The van der Waals surface area contributed by atoms with Crippen molar-refractivity contribution in [2.75, 3.05) is 7.11 Å². The summed E-state index contributed by atoms with van der Waals surface area (Å²) in [6.07, 6.45) is -0.207. The van der Waals surface area contributed by atoms with E-state index in [0.29, 0.717) is 0 Å². The van der Waals surface area contributed by atoms with Gasteiger partial charge in [0.25, 0.3) is 5.69 Å². The lowest BCUT2D eigenvalue weighted by Crippen LogP contribution is -2.22. The molecule has 0 saturated carbocycles. The first kappa shape index (κ1) is 11.9. The highest BCUT2D eigenvalue weighted by Gasteiger charge is 2.26. The summed E-state index contributed by atoms with van der Waals surface area (Å²) in [6, 6.07) is 3.73. The van der Waals surface area contributed by atoms with Gasteiger partial charge in [-0.3, -0.25) is 14.9 Å². The number of esters is 1. The molecule has 1 heterocycles. The second-order valence-corrected chi connectivity index (χ2v) is 3.61. The molecule has 0 radical (unpaired) electrons. The van der Waals surface area contributed by atoms with Crippen molar-refractivity contribution < 1.29 is 19.2 Å². The van der Waals surface area contributed by atoms with E-state index in [0.717, 1.165) is 6.07 Å². The maximum Gasteiger partial charge on any atom is 0.352 e. The highest BCUT2D eigenvalue weighted by molar-refractivity contribution is 6.42. The van der Waals surface area contributed by atoms with Gasteiger partial charge in [-0.15, -0.1) is 0 Å². The fourth-order valence-corrected chi connectivity index (χ4v) is 1.63. The maximum atomic E-state index is 11.8. The fraction of sp³-hybridized carbons (Fsp3) is 0.182. The van der Waals surface area contributed by atoms with Gasteiger partial charge in [0.1, 0.15) is 5.71 Å². The predicted molar refractivity (Wildman–Crippen MR) is 61.2 cm³/mol. The van der Waals surface area contributed by atoms with E-state index in [9.17, 15) is 19.7 Å². The molecule has 0 unspecified atom stereocenters. The van der Waals surface area contributed by atoms with Crippen LogP contribution in [-0.2, 0) is 9.53 Å². The van der Waals surface area contributed by atoms with Crippen LogP contribution in [0.2, 0.25) is 0 Å².